The van der Waals surface area contributed by atoms with E-state index in [0.29, 0.717) is 29.2 Å². The van der Waals surface area contributed by atoms with Crippen molar-refractivity contribution in [1.29, 1.82) is 5.26 Å². The van der Waals surface area contributed by atoms with E-state index in [1.807, 2.05) is 6.07 Å². The third-order valence-electron chi connectivity index (χ3n) is 3.39. The van der Waals surface area contributed by atoms with Gasteiger partial charge in [-0.25, -0.2) is 0 Å². The van der Waals surface area contributed by atoms with E-state index in [1.54, 1.807) is 42.5 Å². The number of rotatable bonds is 7. The number of benzene rings is 2. The van der Waals surface area contributed by atoms with Crippen LogP contribution in [0.1, 0.15) is 42.1 Å². The number of nitriles is 1. The van der Waals surface area contributed by atoms with Crippen LogP contribution in [0.2, 0.25) is 0 Å². The summed E-state index contributed by atoms with van der Waals surface area (Å²) in [4.78, 5) is 12.4. The van der Waals surface area contributed by atoms with Crippen molar-refractivity contribution >= 4 is 11.6 Å². The Morgan fingerprint density at radius 3 is 2.78 bits per heavy atom. The minimum absolute atomic E-state index is 0.244. The maximum absolute atomic E-state index is 12.4. The Morgan fingerprint density at radius 2 is 2.00 bits per heavy atom. The Kier molecular flexibility index (Phi) is 6.19. The summed E-state index contributed by atoms with van der Waals surface area (Å²) in [6.45, 7) is 2.73. The third-order valence-corrected chi connectivity index (χ3v) is 3.39. The second-order valence-corrected chi connectivity index (χ2v) is 5.20. The molecular formula is C19H20N2O2. The predicted octanol–water partition coefficient (Wildman–Crippen LogP) is 4.38. The summed E-state index contributed by atoms with van der Waals surface area (Å²) >= 11 is 0. The zero-order valence-electron chi connectivity index (χ0n) is 13.2. The quantitative estimate of drug-likeness (QED) is 0.772. The number of amides is 1. The molecule has 0 saturated heterocycles. The van der Waals surface area contributed by atoms with E-state index in [0.717, 1.165) is 19.3 Å². The van der Waals surface area contributed by atoms with Gasteiger partial charge in [-0.05, 0) is 36.8 Å². The van der Waals surface area contributed by atoms with Gasteiger partial charge in [0.05, 0.1) is 23.8 Å². The van der Waals surface area contributed by atoms with Crippen LogP contribution in [0.25, 0.3) is 0 Å². The van der Waals surface area contributed by atoms with E-state index >= 15 is 0 Å². The Bertz CT molecular complexity index is 705. The van der Waals surface area contributed by atoms with Crippen molar-refractivity contribution < 1.29 is 9.53 Å². The van der Waals surface area contributed by atoms with Gasteiger partial charge in [-0.1, -0.05) is 38.0 Å². The fraction of sp³-hybridized carbons (Fsp3) is 0.263. The van der Waals surface area contributed by atoms with Crippen LogP contribution in [0.4, 0.5) is 5.69 Å². The van der Waals surface area contributed by atoms with Gasteiger partial charge in [0.25, 0.3) is 5.91 Å². The number of unbranched alkanes of at least 4 members (excludes halogenated alkanes) is 2. The number of anilines is 1. The van der Waals surface area contributed by atoms with Gasteiger partial charge >= 0.3 is 0 Å². The Labute approximate surface area is 136 Å². The molecule has 118 valence electrons. The summed E-state index contributed by atoms with van der Waals surface area (Å²) in [5, 5.41) is 11.7. The van der Waals surface area contributed by atoms with Crippen molar-refractivity contribution in [2.45, 2.75) is 26.2 Å². The number of nitrogens with one attached hydrogen (secondary N) is 1. The molecule has 1 N–H and O–H groups in total. The maximum Gasteiger partial charge on any atom is 0.259 e. The van der Waals surface area contributed by atoms with Crippen LogP contribution in [0, 0.1) is 11.3 Å². The number of ether oxygens (including phenoxy) is 1. The SMILES string of the molecule is CCCCCOc1ccccc1C(=O)Nc1cccc(C#N)c1. The van der Waals surface area contributed by atoms with E-state index in [1.165, 1.54) is 0 Å². The summed E-state index contributed by atoms with van der Waals surface area (Å²) in [6, 6.07) is 16.1. The third kappa shape index (κ3) is 4.86. The van der Waals surface area contributed by atoms with Crippen LogP contribution >= 0.6 is 0 Å². The number of carbonyl (C=O) groups excluding carboxylic acids is 1. The van der Waals surface area contributed by atoms with Crippen molar-refractivity contribution in [3.05, 3.63) is 59.7 Å². The highest BCUT2D eigenvalue weighted by molar-refractivity contribution is 6.06. The summed E-state index contributed by atoms with van der Waals surface area (Å²) in [5.41, 5.74) is 1.59. The fourth-order valence-electron chi connectivity index (χ4n) is 2.18. The first-order valence-electron chi connectivity index (χ1n) is 7.78. The summed E-state index contributed by atoms with van der Waals surface area (Å²) in [6.07, 6.45) is 3.20. The molecule has 0 radical (unpaired) electrons. The van der Waals surface area contributed by atoms with Gasteiger partial charge in [0.2, 0.25) is 0 Å². The highest BCUT2D eigenvalue weighted by Crippen LogP contribution is 2.20. The van der Waals surface area contributed by atoms with E-state index < -0.39 is 0 Å². The van der Waals surface area contributed by atoms with Crippen molar-refractivity contribution in [1.82, 2.24) is 0 Å². The molecule has 0 atom stereocenters. The first kappa shape index (κ1) is 16.6. The first-order chi connectivity index (χ1) is 11.2. The fourth-order valence-corrected chi connectivity index (χ4v) is 2.18. The highest BCUT2D eigenvalue weighted by atomic mass is 16.5. The van der Waals surface area contributed by atoms with Crippen LogP contribution in [-0.4, -0.2) is 12.5 Å². The monoisotopic (exact) mass is 308 g/mol. The molecule has 0 bridgehead atoms. The van der Waals surface area contributed by atoms with Gasteiger partial charge < -0.3 is 10.1 Å². The molecule has 0 aliphatic rings. The standard InChI is InChI=1S/C19H20N2O2/c1-2-3-6-12-23-18-11-5-4-10-17(18)19(22)21-16-9-7-8-15(13-16)14-20/h4-5,7-11,13H,2-3,6,12H2,1H3,(H,21,22). The van der Waals surface area contributed by atoms with Crippen molar-refractivity contribution in [2.24, 2.45) is 0 Å². The van der Waals surface area contributed by atoms with Crippen molar-refractivity contribution in [3.8, 4) is 11.8 Å². The molecule has 2 aromatic rings. The molecule has 0 aliphatic heterocycles. The molecule has 4 nitrogen and oxygen atoms in total. The molecule has 2 rings (SSSR count). The number of carbonyl (C=O) groups is 1. The molecule has 0 unspecified atom stereocenters. The Balaban J connectivity index is 2.08. The average Bonchev–Trinajstić information content (AvgIpc) is 2.59. The van der Waals surface area contributed by atoms with E-state index in [9.17, 15) is 4.79 Å². The molecule has 0 saturated carbocycles. The Morgan fingerprint density at radius 1 is 1.17 bits per heavy atom. The summed E-state index contributed by atoms with van der Waals surface area (Å²) in [5.74, 6) is 0.337. The molecule has 2 aromatic carbocycles. The number of nitrogens with zero attached hydrogens (tertiary/aromatic N) is 1. The van der Waals surface area contributed by atoms with Crippen LogP contribution in [-0.2, 0) is 0 Å². The maximum atomic E-state index is 12.4. The zero-order chi connectivity index (χ0) is 16.5. The van der Waals surface area contributed by atoms with Gasteiger partial charge in [-0.15, -0.1) is 0 Å². The molecule has 0 aliphatic carbocycles. The lowest BCUT2D eigenvalue weighted by Crippen LogP contribution is -2.14. The van der Waals surface area contributed by atoms with E-state index in [2.05, 4.69) is 18.3 Å². The van der Waals surface area contributed by atoms with Crippen LogP contribution in [0.3, 0.4) is 0 Å². The van der Waals surface area contributed by atoms with Gasteiger partial charge in [0.1, 0.15) is 5.75 Å². The van der Waals surface area contributed by atoms with Gasteiger partial charge in [0, 0.05) is 5.69 Å². The molecular weight excluding hydrogens is 288 g/mol. The number of hydrogen-bond donors (Lipinski definition) is 1. The van der Waals surface area contributed by atoms with Crippen LogP contribution in [0.5, 0.6) is 5.75 Å². The lowest BCUT2D eigenvalue weighted by atomic mass is 10.1. The number of para-hydroxylation sites is 1. The average molecular weight is 308 g/mol. The lowest BCUT2D eigenvalue weighted by Gasteiger charge is -2.11. The normalized spacial score (nSPS) is 9.91. The van der Waals surface area contributed by atoms with Gasteiger partial charge in [-0.2, -0.15) is 5.26 Å². The van der Waals surface area contributed by atoms with Crippen LogP contribution < -0.4 is 10.1 Å². The van der Waals surface area contributed by atoms with Crippen LogP contribution in [0.15, 0.2) is 48.5 Å². The highest BCUT2D eigenvalue weighted by Gasteiger charge is 2.12. The second kappa shape index (κ2) is 8.60. The van der Waals surface area contributed by atoms with Crippen molar-refractivity contribution in [2.75, 3.05) is 11.9 Å². The first-order valence-corrected chi connectivity index (χ1v) is 7.78. The molecule has 23 heavy (non-hydrogen) atoms. The Hall–Kier alpha value is -2.80. The summed E-state index contributed by atoms with van der Waals surface area (Å²) in [7, 11) is 0. The molecule has 1 amide bonds. The zero-order valence-corrected chi connectivity index (χ0v) is 13.2. The van der Waals surface area contributed by atoms with E-state index in [4.69, 9.17) is 10.00 Å². The molecule has 0 heterocycles. The molecule has 0 spiro atoms. The molecule has 0 aromatic heterocycles. The predicted molar refractivity (Wildman–Crippen MR) is 90.6 cm³/mol. The number of hydrogen-bond acceptors (Lipinski definition) is 3. The largest absolute Gasteiger partial charge is 0.493 e. The molecule has 0 fully saturated rings. The minimum atomic E-state index is -0.244. The smallest absolute Gasteiger partial charge is 0.259 e. The minimum Gasteiger partial charge on any atom is -0.493 e. The lowest BCUT2D eigenvalue weighted by molar-refractivity contribution is 0.102. The second-order valence-electron chi connectivity index (χ2n) is 5.20. The summed E-state index contributed by atoms with van der Waals surface area (Å²) < 4.78 is 5.73. The topological polar surface area (TPSA) is 62.1 Å². The van der Waals surface area contributed by atoms with Gasteiger partial charge in [-0.3, -0.25) is 4.79 Å². The molecule has 4 heteroatoms. The van der Waals surface area contributed by atoms with Crippen molar-refractivity contribution in [3.63, 3.8) is 0 Å². The van der Waals surface area contributed by atoms with Gasteiger partial charge in [0.15, 0.2) is 0 Å². The van der Waals surface area contributed by atoms with E-state index in [-0.39, 0.29) is 5.91 Å².